The van der Waals surface area contributed by atoms with E-state index in [-0.39, 0.29) is 0 Å². The summed E-state index contributed by atoms with van der Waals surface area (Å²) in [6.45, 7) is 1.07. The highest BCUT2D eigenvalue weighted by Crippen LogP contribution is 2.26. The van der Waals surface area contributed by atoms with Gasteiger partial charge in [0.25, 0.3) is 0 Å². The molecule has 0 spiro atoms. The normalized spacial score (nSPS) is 13.6. The summed E-state index contributed by atoms with van der Waals surface area (Å²) in [7, 11) is 0. The zero-order valence-corrected chi connectivity index (χ0v) is 9.48. The van der Waals surface area contributed by atoms with Crippen LogP contribution in [0.5, 0.6) is 0 Å². The summed E-state index contributed by atoms with van der Waals surface area (Å²) in [5, 5.41) is 6.65. The van der Waals surface area contributed by atoms with Gasteiger partial charge in [-0.3, -0.25) is 4.98 Å². The second-order valence-corrected chi connectivity index (χ2v) is 4.12. The average Bonchev–Trinajstić information content (AvgIpc) is 2.40. The summed E-state index contributed by atoms with van der Waals surface area (Å²) < 4.78 is 0. The minimum absolute atomic E-state index is 0.774. The summed E-state index contributed by atoms with van der Waals surface area (Å²) in [6, 6.07) is 6.36. The fourth-order valence-electron chi connectivity index (χ4n) is 2.06. The van der Waals surface area contributed by atoms with E-state index >= 15 is 0 Å². The molecule has 1 aromatic carbocycles. The summed E-state index contributed by atoms with van der Waals surface area (Å²) in [5.41, 5.74) is 3.68. The number of hydrogen-bond donors (Lipinski definition) is 2. The maximum absolute atomic E-state index is 4.20. The maximum Gasteiger partial charge on any atom is 0.148 e. The molecule has 0 fully saturated rings. The molecule has 0 atom stereocenters. The van der Waals surface area contributed by atoms with Crippen molar-refractivity contribution in [3.8, 4) is 0 Å². The molecule has 2 N–H and O–H groups in total. The van der Waals surface area contributed by atoms with Crippen LogP contribution in [0, 0.1) is 0 Å². The van der Waals surface area contributed by atoms with Gasteiger partial charge in [0.15, 0.2) is 0 Å². The highest BCUT2D eigenvalue weighted by molar-refractivity contribution is 5.64. The third kappa shape index (κ3) is 2.20. The third-order valence-electron chi connectivity index (χ3n) is 2.88. The van der Waals surface area contributed by atoms with Crippen molar-refractivity contribution in [2.45, 2.75) is 12.8 Å². The third-order valence-corrected chi connectivity index (χ3v) is 2.88. The summed E-state index contributed by atoms with van der Waals surface area (Å²) in [5.74, 6) is 0.774. The van der Waals surface area contributed by atoms with E-state index in [1.807, 2.05) is 0 Å². The molecule has 0 radical (unpaired) electrons. The summed E-state index contributed by atoms with van der Waals surface area (Å²) in [6.07, 6.45) is 7.40. The lowest BCUT2D eigenvalue weighted by molar-refractivity contribution is 0.830. The van der Waals surface area contributed by atoms with Gasteiger partial charge >= 0.3 is 0 Å². The molecule has 17 heavy (non-hydrogen) atoms. The first-order valence-electron chi connectivity index (χ1n) is 5.82. The second kappa shape index (κ2) is 4.41. The molecule has 1 aromatic heterocycles. The Morgan fingerprint density at radius 1 is 1.24 bits per heavy atom. The highest BCUT2D eigenvalue weighted by Gasteiger charge is 2.08. The Balaban J connectivity index is 1.84. The molecule has 0 bridgehead atoms. The molecule has 0 saturated carbocycles. The Morgan fingerprint density at radius 2 is 2.24 bits per heavy atom. The lowest BCUT2D eigenvalue weighted by Gasteiger charge is -2.18. The van der Waals surface area contributed by atoms with Crippen LogP contribution in [-0.2, 0) is 6.42 Å². The Morgan fingerprint density at radius 3 is 3.12 bits per heavy atom. The average molecular weight is 226 g/mol. The predicted octanol–water partition coefficient (Wildman–Crippen LogP) is 2.58. The van der Waals surface area contributed by atoms with Crippen LogP contribution in [0.15, 0.2) is 36.8 Å². The Hall–Kier alpha value is -2.10. The first-order chi connectivity index (χ1) is 8.42. The lowest BCUT2D eigenvalue weighted by Crippen LogP contribution is -2.11. The number of hydrogen-bond acceptors (Lipinski definition) is 4. The predicted molar refractivity (Wildman–Crippen MR) is 68.6 cm³/mol. The Labute approximate surface area is 100 Å². The van der Waals surface area contributed by atoms with Crippen molar-refractivity contribution in [1.29, 1.82) is 0 Å². The summed E-state index contributed by atoms with van der Waals surface area (Å²) in [4.78, 5) is 8.23. The molecule has 4 heteroatoms. The van der Waals surface area contributed by atoms with Gasteiger partial charge in [-0.15, -0.1) is 0 Å². The molecule has 3 rings (SSSR count). The van der Waals surface area contributed by atoms with E-state index in [0.717, 1.165) is 24.5 Å². The van der Waals surface area contributed by atoms with Crippen molar-refractivity contribution in [1.82, 2.24) is 9.97 Å². The second-order valence-electron chi connectivity index (χ2n) is 4.12. The van der Waals surface area contributed by atoms with E-state index in [4.69, 9.17) is 0 Å². The quantitative estimate of drug-likeness (QED) is 0.826. The van der Waals surface area contributed by atoms with Gasteiger partial charge in [0.05, 0.1) is 6.20 Å². The number of aromatic nitrogens is 2. The van der Waals surface area contributed by atoms with Gasteiger partial charge in [-0.1, -0.05) is 0 Å². The number of benzene rings is 1. The topological polar surface area (TPSA) is 49.8 Å². The van der Waals surface area contributed by atoms with Gasteiger partial charge in [0.2, 0.25) is 0 Å². The number of fused-ring (bicyclic) bond motifs is 1. The minimum atomic E-state index is 0.774. The van der Waals surface area contributed by atoms with Crippen molar-refractivity contribution in [3.63, 3.8) is 0 Å². The van der Waals surface area contributed by atoms with Crippen LogP contribution in [0.4, 0.5) is 17.2 Å². The number of nitrogens with zero attached hydrogens (tertiary/aromatic N) is 2. The molecule has 1 aliphatic rings. The SMILES string of the molecule is c1cnc(Nc2ccc3c(c2)CCCN3)cn1. The molecule has 0 amide bonds. The molecular weight excluding hydrogens is 212 g/mol. The van der Waals surface area contributed by atoms with Gasteiger partial charge in [-0.05, 0) is 36.6 Å². The van der Waals surface area contributed by atoms with E-state index in [0.29, 0.717) is 0 Å². The zero-order chi connectivity index (χ0) is 11.5. The molecule has 0 unspecified atom stereocenters. The van der Waals surface area contributed by atoms with Gasteiger partial charge in [0.1, 0.15) is 5.82 Å². The first-order valence-corrected chi connectivity index (χ1v) is 5.82. The van der Waals surface area contributed by atoms with Crippen molar-refractivity contribution in [2.75, 3.05) is 17.2 Å². The Bertz CT molecular complexity index is 510. The standard InChI is InChI=1S/C13H14N4/c1-2-10-8-11(3-4-12(10)15-5-1)17-13-9-14-6-7-16-13/h3-4,6-9,15H,1-2,5H2,(H,16,17). The van der Waals surface area contributed by atoms with E-state index in [1.165, 1.54) is 17.7 Å². The number of rotatable bonds is 2. The smallest absolute Gasteiger partial charge is 0.148 e. The van der Waals surface area contributed by atoms with Crippen LogP contribution in [0.3, 0.4) is 0 Å². The fourth-order valence-corrected chi connectivity index (χ4v) is 2.06. The molecule has 86 valence electrons. The number of anilines is 3. The zero-order valence-electron chi connectivity index (χ0n) is 9.48. The number of nitrogens with one attached hydrogen (secondary N) is 2. The van der Waals surface area contributed by atoms with Crippen LogP contribution < -0.4 is 10.6 Å². The lowest BCUT2D eigenvalue weighted by atomic mass is 10.0. The summed E-state index contributed by atoms with van der Waals surface area (Å²) >= 11 is 0. The molecule has 1 aliphatic heterocycles. The molecule has 4 nitrogen and oxygen atoms in total. The number of aryl methyl sites for hydroxylation is 1. The fraction of sp³-hybridized carbons (Fsp3) is 0.231. The van der Waals surface area contributed by atoms with E-state index in [1.54, 1.807) is 18.6 Å². The van der Waals surface area contributed by atoms with Gasteiger partial charge in [0, 0.05) is 30.3 Å². The molecule has 0 saturated heterocycles. The van der Waals surface area contributed by atoms with Gasteiger partial charge < -0.3 is 10.6 Å². The van der Waals surface area contributed by atoms with Gasteiger partial charge in [-0.2, -0.15) is 0 Å². The monoisotopic (exact) mass is 226 g/mol. The van der Waals surface area contributed by atoms with Crippen LogP contribution in [-0.4, -0.2) is 16.5 Å². The van der Waals surface area contributed by atoms with Crippen LogP contribution in [0.1, 0.15) is 12.0 Å². The molecular formula is C13H14N4. The van der Waals surface area contributed by atoms with Crippen LogP contribution >= 0.6 is 0 Å². The van der Waals surface area contributed by atoms with Crippen LogP contribution in [0.2, 0.25) is 0 Å². The molecule has 0 aliphatic carbocycles. The Kier molecular flexibility index (Phi) is 2.62. The first kappa shape index (κ1) is 10.1. The van der Waals surface area contributed by atoms with Gasteiger partial charge in [-0.25, -0.2) is 4.98 Å². The van der Waals surface area contributed by atoms with E-state index < -0.39 is 0 Å². The van der Waals surface area contributed by atoms with E-state index in [9.17, 15) is 0 Å². The maximum atomic E-state index is 4.20. The van der Waals surface area contributed by atoms with Crippen molar-refractivity contribution in [2.24, 2.45) is 0 Å². The van der Waals surface area contributed by atoms with Crippen LogP contribution in [0.25, 0.3) is 0 Å². The van der Waals surface area contributed by atoms with Crippen molar-refractivity contribution in [3.05, 3.63) is 42.4 Å². The largest absolute Gasteiger partial charge is 0.385 e. The molecule has 2 aromatic rings. The van der Waals surface area contributed by atoms with Crippen molar-refractivity contribution >= 4 is 17.2 Å². The minimum Gasteiger partial charge on any atom is -0.385 e. The highest BCUT2D eigenvalue weighted by atomic mass is 15.0. The van der Waals surface area contributed by atoms with E-state index in [2.05, 4.69) is 38.8 Å². The van der Waals surface area contributed by atoms with Crippen molar-refractivity contribution < 1.29 is 0 Å². The molecule has 2 heterocycles.